The van der Waals surface area contributed by atoms with Crippen molar-refractivity contribution in [2.75, 3.05) is 5.32 Å². The Hall–Kier alpha value is -1.96. The van der Waals surface area contributed by atoms with Crippen LogP contribution in [-0.4, -0.2) is 23.9 Å². The van der Waals surface area contributed by atoms with Gasteiger partial charge >= 0.3 is 18.4 Å². The zero-order valence-electron chi connectivity index (χ0n) is 13.6. The van der Waals surface area contributed by atoms with Crippen LogP contribution in [0.1, 0.15) is 42.2 Å². The molecule has 0 aliphatic heterocycles. The summed E-state index contributed by atoms with van der Waals surface area (Å²) in [6, 6.07) is 0.212. The van der Waals surface area contributed by atoms with Gasteiger partial charge in [-0.25, -0.2) is 4.79 Å². The Labute approximate surface area is 149 Å². The number of nitriles is 1. The van der Waals surface area contributed by atoms with E-state index in [1.807, 2.05) is 11.4 Å². The van der Waals surface area contributed by atoms with Gasteiger partial charge in [0, 0.05) is 4.88 Å². The number of nitrogens with zero attached hydrogens (tertiary/aromatic N) is 1. The van der Waals surface area contributed by atoms with E-state index in [2.05, 4.69) is 0 Å². The third-order valence-electron chi connectivity index (χ3n) is 4.26. The van der Waals surface area contributed by atoms with E-state index in [-0.39, 0.29) is 17.5 Å². The molecule has 0 fully saturated rings. The number of nitrogens with one attached hydrogen (secondary N) is 2. The van der Waals surface area contributed by atoms with Gasteiger partial charge in [-0.05, 0) is 38.2 Å². The molecule has 0 unspecified atom stereocenters. The molecule has 4 nitrogen and oxygen atoms in total. The number of halogens is 6. The van der Waals surface area contributed by atoms with Crippen LogP contribution in [0.15, 0.2) is 0 Å². The van der Waals surface area contributed by atoms with E-state index < -0.39 is 23.9 Å². The number of thiophene rings is 1. The molecule has 0 spiro atoms. The number of anilines is 1. The zero-order valence-corrected chi connectivity index (χ0v) is 14.4. The molecule has 11 heteroatoms. The first-order valence-electron chi connectivity index (χ1n) is 7.68. The molecule has 0 radical (unpaired) electrons. The van der Waals surface area contributed by atoms with Crippen LogP contribution in [0.5, 0.6) is 0 Å². The van der Waals surface area contributed by atoms with E-state index in [9.17, 15) is 36.4 Å². The first-order chi connectivity index (χ1) is 11.9. The molecule has 1 aliphatic carbocycles. The summed E-state index contributed by atoms with van der Waals surface area (Å²) in [6.07, 6.45) is -7.60. The average Bonchev–Trinajstić information content (AvgIpc) is 2.65. The predicted molar refractivity (Wildman–Crippen MR) is 83.0 cm³/mol. The second kappa shape index (κ2) is 6.98. The van der Waals surface area contributed by atoms with Crippen LogP contribution in [-0.2, 0) is 12.8 Å². The zero-order chi connectivity index (χ0) is 19.8. The fraction of sp³-hybridized carbons (Fsp3) is 0.600. The normalized spacial score (nSPS) is 15.6. The van der Waals surface area contributed by atoms with Gasteiger partial charge in [-0.2, -0.15) is 31.6 Å². The molecule has 1 aliphatic rings. The van der Waals surface area contributed by atoms with Crippen molar-refractivity contribution >= 4 is 22.4 Å². The van der Waals surface area contributed by atoms with Crippen LogP contribution >= 0.6 is 11.3 Å². The third-order valence-corrected chi connectivity index (χ3v) is 5.46. The molecule has 0 saturated heterocycles. The van der Waals surface area contributed by atoms with Crippen molar-refractivity contribution in [3.8, 4) is 6.07 Å². The summed E-state index contributed by atoms with van der Waals surface area (Å²) in [5.41, 5.74) is -3.60. The lowest BCUT2D eigenvalue weighted by Crippen LogP contribution is -2.66. The van der Waals surface area contributed by atoms with E-state index in [0.717, 1.165) is 40.8 Å². The Kier molecular flexibility index (Phi) is 5.46. The number of fused-ring (bicyclic) bond motifs is 1. The first kappa shape index (κ1) is 20.4. The Bertz CT molecular complexity index is 717. The van der Waals surface area contributed by atoms with E-state index in [1.165, 1.54) is 0 Å². The lowest BCUT2D eigenvalue weighted by Gasteiger charge is -2.34. The van der Waals surface area contributed by atoms with Crippen molar-refractivity contribution < 1.29 is 31.1 Å². The molecule has 144 valence electrons. The number of hydrogen-bond acceptors (Lipinski definition) is 3. The summed E-state index contributed by atoms with van der Waals surface area (Å²) in [5, 5.41) is 12.2. The van der Waals surface area contributed by atoms with Crippen LogP contribution in [0.4, 0.5) is 36.1 Å². The Morgan fingerprint density at radius 2 is 1.65 bits per heavy atom. The second-order valence-corrected chi connectivity index (χ2v) is 7.19. The monoisotopic (exact) mass is 399 g/mol. The summed E-state index contributed by atoms with van der Waals surface area (Å²) >= 11 is 1.01. The number of aryl methyl sites for hydroxylation is 1. The van der Waals surface area contributed by atoms with Gasteiger partial charge < -0.3 is 5.32 Å². The first-order valence-corrected chi connectivity index (χ1v) is 8.49. The van der Waals surface area contributed by atoms with Gasteiger partial charge in [0.15, 0.2) is 0 Å². The number of urea groups is 1. The quantitative estimate of drug-likeness (QED) is 0.549. The van der Waals surface area contributed by atoms with Gasteiger partial charge in [0.2, 0.25) is 5.54 Å². The van der Waals surface area contributed by atoms with Crippen LogP contribution in [0, 0.1) is 11.3 Å². The molecule has 2 N–H and O–H groups in total. The lowest BCUT2D eigenvalue weighted by atomic mass is 10.0. The molecule has 2 amide bonds. The minimum Gasteiger partial charge on any atom is -0.316 e. The van der Waals surface area contributed by atoms with Crippen molar-refractivity contribution in [1.82, 2.24) is 5.32 Å². The molecule has 1 aromatic heterocycles. The molecule has 2 rings (SSSR count). The molecule has 0 atom stereocenters. The summed E-state index contributed by atoms with van der Waals surface area (Å²) < 4.78 is 77.2. The number of amides is 2. The van der Waals surface area contributed by atoms with Crippen molar-refractivity contribution in [2.45, 2.75) is 56.9 Å². The summed E-state index contributed by atoms with van der Waals surface area (Å²) in [7, 11) is 0. The number of carbonyl (C=O) groups excluding carboxylic acids is 1. The van der Waals surface area contributed by atoms with Crippen LogP contribution in [0.3, 0.4) is 0 Å². The summed E-state index contributed by atoms with van der Waals surface area (Å²) in [5.74, 6) is 0. The molecule has 1 heterocycles. The SMILES string of the molecule is CC(NC(=O)Nc1sc2c(c1C#N)CCCCC2)(C(F)(F)F)C(F)(F)F. The number of alkyl halides is 6. The maximum absolute atomic E-state index is 12.9. The van der Waals surface area contributed by atoms with Crippen molar-refractivity contribution in [3.63, 3.8) is 0 Å². The Morgan fingerprint density at radius 3 is 2.19 bits per heavy atom. The minimum atomic E-state index is -5.74. The fourth-order valence-electron chi connectivity index (χ4n) is 2.61. The number of rotatable bonds is 2. The smallest absolute Gasteiger partial charge is 0.316 e. The number of carbonyl (C=O) groups is 1. The maximum atomic E-state index is 12.9. The molecule has 0 aromatic carbocycles. The van der Waals surface area contributed by atoms with E-state index in [0.29, 0.717) is 18.4 Å². The summed E-state index contributed by atoms with van der Waals surface area (Å²) in [4.78, 5) is 12.7. The van der Waals surface area contributed by atoms with Crippen LogP contribution in [0.25, 0.3) is 0 Å². The van der Waals surface area contributed by atoms with Gasteiger partial charge in [0.25, 0.3) is 0 Å². The van der Waals surface area contributed by atoms with Gasteiger partial charge in [0.05, 0.1) is 5.56 Å². The minimum absolute atomic E-state index is 0.0383. The van der Waals surface area contributed by atoms with Gasteiger partial charge in [-0.3, -0.25) is 5.32 Å². The van der Waals surface area contributed by atoms with Crippen LogP contribution in [0.2, 0.25) is 0 Å². The van der Waals surface area contributed by atoms with E-state index in [4.69, 9.17) is 0 Å². The maximum Gasteiger partial charge on any atom is 0.420 e. The van der Waals surface area contributed by atoms with Gasteiger partial charge in [-0.1, -0.05) is 6.42 Å². The lowest BCUT2D eigenvalue weighted by molar-refractivity contribution is -0.297. The largest absolute Gasteiger partial charge is 0.420 e. The topological polar surface area (TPSA) is 64.9 Å². The predicted octanol–water partition coefficient (Wildman–Crippen LogP) is 4.89. The molecular weight excluding hydrogens is 384 g/mol. The highest BCUT2D eigenvalue weighted by Gasteiger charge is 2.68. The van der Waals surface area contributed by atoms with Gasteiger partial charge in [-0.15, -0.1) is 11.3 Å². The standard InChI is InChI=1S/C15H15F6N3OS/c1-13(14(16,17)18,15(19,20)21)24-12(25)23-11-9(7-22)8-5-3-2-4-6-10(8)26-11/h2-6H2,1H3,(H2,23,24,25). The second-order valence-electron chi connectivity index (χ2n) is 6.08. The molecule has 26 heavy (non-hydrogen) atoms. The molecule has 0 bridgehead atoms. The van der Waals surface area contributed by atoms with Crippen molar-refractivity contribution in [1.29, 1.82) is 5.26 Å². The fourth-order valence-corrected chi connectivity index (χ4v) is 3.85. The summed E-state index contributed by atoms with van der Waals surface area (Å²) in [6.45, 7) is -0.151. The molecular formula is C15H15F6N3OS. The van der Waals surface area contributed by atoms with Crippen molar-refractivity contribution in [2.24, 2.45) is 0 Å². The number of hydrogen-bond donors (Lipinski definition) is 2. The van der Waals surface area contributed by atoms with Crippen LogP contribution < -0.4 is 10.6 Å². The Morgan fingerprint density at radius 1 is 1.08 bits per heavy atom. The molecule has 0 saturated carbocycles. The van der Waals surface area contributed by atoms with Gasteiger partial charge in [0.1, 0.15) is 11.1 Å². The average molecular weight is 399 g/mol. The highest BCUT2D eigenvalue weighted by molar-refractivity contribution is 7.16. The van der Waals surface area contributed by atoms with Crippen molar-refractivity contribution in [3.05, 3.63) is 16.0 Å². The van der Waals surface area contributed by atoms with E-state index in [1.54, 1.807) is 0 Å². The Balaban J connectivity index is 2.27. The highest BCUT2D eigenvalue weighted by Crippen LogP contribution is 2.43. The molecule has 1 aromatic rings. The van der Waals surface area contributed by atoms with E-state index >= 15 is 0 Å². The third kappa shape index (κ3) is 3.75. The highest BCUT2D eigenvalue weighted by atomic mass is 32.1.